The summed E-state index contributed by atoms with van der Waals surface area (Å²) in [4.78, 5) is 26.0. The molecule has 0 unspecified atom stereocenters. The van der Waals surface area contributed by atoms with Gasteiger partial charge in [0.2, 0.25) is 5.91 Å². The predicted octanol–water partition coefficient (Wildman–Crippen LogP) is 2.84. The van der Waals surface area contributed by atoms with E-state index < -0.39 is 11.9 Å². The number of hydrogen-bond acceptors (Lipinski definition) is 3. The summed E-state index contributed by atoms with van der Waals surface area (Å²) in [6.07, 6.45) is 0. The van der Waals surface area contributed by atoms with E-state index >= 15 is 0 Å². The van der Waals surface area contributed by atoms with Crippen molar-refractivity contribution in [3.8, 4) is 0 Å². The maximum absolute atomic E-state index is 12.9. The highest BCUT2D eigenvalue weighted by Gasteiger charge is 2.26. The lowest BCUT2D eigenvalue weighted by atomic mass is 9.90. The van der Waals surface area contributed by atoms with E-state index in [2.05, 4.69) is 0 Å². The van der Waals surface area contributed by atoms with Gasteiger partial charge >= 0.3 is 5.97 Å². The number of esters is 1. The standard InChI is InChI=1S/C19H21NO3/c1-3-23-17(21)14-20(2)19(22)18(15-10-6-4-7-11-15)16-12-8-5-9-13-16/h4-13,18H,3,14H2,1-2H3. The zero-order valence-electron chi connectivity index (χ0n) is 13.4. The minimum absolute atomic E-state index is 0.0527. The van der Waals surface area contributed by atoms with Crippen LogP contribution in [0.15, 0.2) is 60.7 Å². The minimum Gasteiger partial charge on any atom is -0.465 e. The fraction of sp³-hybridized carbons (Fsp3) is 0.263. The van der Waals surface area contributed by atoms with Crippen molar-refractivity contribution in [3.05, 3.63) is 71.8 Å². The van der Waals surface area contributed by atoms with E-state index in [1.807, 2.05) is 60.7 Å². The lowest BCUT2D eigenvalue weighted by Gasteiger charge is -2.24. The molecule has 0 aliphatic heterocycles. The molecule has 0 bridgehead atoms. The van der Waals surface area contributed by atoms with Crippen LogP contribution < -0.4 is 0 Å². The van der Waals surface area contributed by atoms with Crippen molar-refractivity contribution in [2.45, 2.75) is 12.8 Å². The van der Waals surface area contributed by atoms with E-state index in [0.29, 0.717) is 6.61 Å². The van der Waals surface area contributed by atoms with Gasteiger partial charge in [0.15, 0.2) is 0 Å². The van der Waals surface area contributed by atoms with Crippen molar-refractivity contribution < 1.29 is 14.3 Å². The highest BCUT2D eigenvalue weighted by atomic mass is 16.5. The van der Waals surface area contributed by atoms with E-state index in [1.54, 1.807) is 14.0 Å². The monoisotopic (exact) mass is 311 g/mol. The number of benzene rings is 2. The molecule has 0 heterocycles. The summed E-state index contributed by atoms with van der Waals surface area (Å²) in [6, 6.07) is 19.2. The summed E-state index contributed by atoms with van der Waals surface area (Å²) in [5, 5.41) is 0. The largest absolute Gasteiger partial charge is 0.465 e. The lowest BCUT2D eigenvalue weighted by Crippen LogP contribution is -2.36. The predicted molar refractivity (Wildman–Crippen MR) is 89.0 cm³/mol. The molecule has 0 fully saturated rings. The first-order valence-corrected chi connectivity index (χ1v) is 7.64. The molecule has 0 saturated heterocycles. The summed E-state index contributed by atoms with van der Waals surface area (Å²) in [7, 11) is 1.62. The Morgan fingerprint density at radius 3 is 1.87 bits per heavy atom. The Hall–Kier alpha value is -2.62. The first-order chi connectivity index (χ1) is 11.1. The second-order valence-electron chi connectivity index (χ2n) is 5.25. The summed E-state index contributed by atoms with van der Waals surface area (Å²) >= 11 is 0. The molecule has 4 heteroatoms. The average molecular weight is 311 g/mol. The van der Waals surface area contributed by atoms with Crippen molar-refractivity contribution in [1.82, 2.24) is 4.90 Å². The second-order valence-corrected chi connectivity index (χ2v) is 5.25. The normalized spacial score (nSPS) is 10.4. The smallest absolute Gasteiger partial charge is 0.325 e. The molecule has 2 rings (SSSR count). The van der Waals surface area contributed by atoms with Gasteiger partial charge < -0.3 is 9.64 Å². The van der Waals surface area contributed by atoms with Gasteiger partial charge in [-0.2, -0.15) is 0 Å². The molecule has 0 radical (unpaired) electrons. The van der Waals surface area contributed by atoms with Crippen molar-refractivity contribution in [2.24, 2.45) is 0 Å². The van der Waals surface area contributed by atoms with Crippen LogP contribution >= 0.6 is 0 Å². The zero-order valence-corrected chi connectivity index (χ0v) is 13.4. The maximum Gasteiger partial charge on any atom is 0.325 e. The summed E-state index contributed by atoms with van der Waals surface area (Å²) < 4.78 is 4.92. The van der Waals surface area contributed by atoms with E-state index in [-0.39, 0.29) is 12.5 Å². The van der Waals surface area contributed by atoms with Crippen molar-refractivity contribution >= 4 is 11.9 Å². The van der Waals surface area contributed by atoms with Gasteiger partial charge in [-0.3, -0.25) is 9.59 Å². The zero-order chi connectivity index (χ0) is 16.7. The highest BCUT2D eigenvalue weighted by Crippen LogP contribution is 2.26. The van der Waals surface area contributed by atoms with Crippen LogP contribution in [0.4, 0.5) is 0 Å². The van der Waals surface area contributed by atoms with E-state index in [0.717, 1.165) is 11.1 Å². The van der Waals surface area contributed by atoms with Crippen molar-refractivity contribution in [2.75, 3.05) is 20.2 Å². The van der Waals surface area contributed by atoms with Gasteiger partial charge in [0.1, 0.15) is 6.54 Å². The minimum atomic E-state index is -0.433. The molecule has 0 aromatic heterocycles. The van der Waals surface area contributed by atoms with Crippen molar-refractivity contribution in [1.29, 1.82) is 0 Å². The number of carbonyl (C=O) groups excluding carboxylic acids is 2. The Kier molecular flexibility index (Phi) is 5.92. The molecule has 23 heavy (non-hydrogen) atoms. The third kappa shape index (κ3) is 4.42. The molecule has 4 nitrogen and oxygen atoms in total. The maximum atomic E-state index is 12.9. The number of hydrogen-bond donors (Lipinski definition) is 0. The molecule has 0 atom stereocenters. The van der Waals surface area contributed by atoms with Gasteiger partial charge in [-0.25, -0.2) is 0 Å². The Balaban J connectivity index is 2.27. The van der Waals surface area contributed by atoms with Gasteiger partial charge in [0.25, 0.3) is 0 Å². The third-order valence-electron chi connectivity index (χ3n) is 3.56. The molecule has 120 valence electrons. The van der Waals surface area contributed by atoms with Gasteiger partial charge in [-0.05, 0) is 18.1 Å². The van der Waals surface area contributed by atoms with Crippen LogP contribution in [0.3, 0.4) is 0 Å². The number of amides is 1. The van der Waals surface area contributed by atoms with Gasteiger partial charge in [-0.15, -0.1) is 0 Å². The molecule has 0 N–H and O–H groups in total. The molecular formula is C19H21NO3. The van der Waals surface area contributed by atoms with Crippen LogP contribution in [0.1, 0.15) is 24.0 Å². The summed E-state index contributed by atoms with van der Waals surface area (Å²) in [6.45, 7) is 2.00. The molecule has 0 saturated carbocycles. The lowest BCUT2D eigenvalue weighted by molar-refractivity contribution is -0.148. The molecule has 2 aromatic rings. The van der Waals surface area contributed by atoms with Crippen LogP contribution in [-0.2, 0) is 14.3 Å². The SMILES string of the molecule is CCOC(=O)CN(C)C(=O)C(c1ccccc1)c1ccccc1. The third-order valence-corrected chi connectivity index (χ3v) is 3.56. The number of rotatable bonds is 6. The Morgan fingerprint density at radius 2 is 1.43 bits per heavy atom. The van der Waals surface area contributed by atoms with Crippen molar-refractivity contribution in [3.63, 3.8) is 0 Å². The van der Waals surface area contributed by atoms with Crippen LogP contribution in [0, 0.1) is 0 Å². The Morgan fingerprint density at radius 1 is 0.957 bits per heavy atom. The molecule has 0 aliphatic rings. The molecule has 0 aliphatic carbocycles. The number of carbonyl (C=O) groups is 2. The second kappa shape index (κ2) is 8.13. The van der Waals surface area contributed by atoms with E-state index in [4.69, 9.17) is 4.74 Å². The van der Waals surface area contributed by atoms with Crippen LogP contribution in [0.25, 0.3) is 0 Å². The molecule has 2 aromatic carbocycles. The first-order valence-electron chi connectivity index (χ1n) is 7.64. The van der Waals surface area contributed by atoms with E-state index in [9.17, 15) is 9.59 Å². The van der Waals surface area contributed by atoms with Crippen LogP contribution in [0.5, 0.6) is 0 Å². The molecular weight excluding hydrogens is 290 g/mol. The van der Waals surface area contributed by atoms with E-state index in [1.165, 1.54) is 4.90 Å². The Labute approximate surface area is 136 Å². The fourth-order valence-corrected chi connectivity index (χ4v) is 2.47. The number of likely N-dealkylation sites (N-methyl/N-ethyl adjacent to an activating group) is 1. The molecule has 0 spiro atoms. The summed E-state index contributed by atoms with van der Waals surface area (Å²) in [5.74, 6) is -0.962. The molecule has 1 amide bonds. The number of ether oxygens (including phenoxy) is 1. The summed E-state index contributed by atoms with van der Waals surface area (Å²) in [5.41, 5.74) is 1.80. The van der Waals surface area contributed by atoms with Crippen LogP contribution in [-0.4, -0.2) is 37.0 Å². The first kappa shape index (κ1) is 16.7. The number of nitrogens with zero attached hydrogens (tertiary/aromatic N) is 1. The van der Waals surface area contributed by atoms with Gasteiger partial charge in [0, 0.05) is 7.05 Å². The fourth-order valence-electron chi connectivity index (χ4n) is 2.47. The topological polar surface area (TPSA) is 46.6 Å². The van der Waals surface area contributed by atoms with Crippen LogP contribution in [0.2, 0.25) is 0 Å². The highest BCUT2D eigenvalue weighted by molar-refractivity contribution is 5.89. The quantitative estimate of drug-likeness (QED) is 0.771. The average Bonchev–Trinajstić information content (AvgIpc) is 2.57. The van der Waals surface area contributed by atoms with Gasteiger partial charge in [-0.1, -0.05) is 60.7 Å². The van der Waals surface area contributed by atoms with Gasteiger partial charge in [0.05, 0.1) is 12.5 Å². The Bertz CT molecular complexity index is 601.